The minimum absolute atomic E-state index is 0.0339. The van der Waals surface area contributed by atoms with Crippen LogP contribution in [0.5, 0.6) is 0 Å². The van der Waals surface area contributed by atoms with Crippen LogP contribution in [-0.2, 0) is 40.8 Å². The van der Waals surface area contributed by atoms with Crippen LogP contribution in [0.25, 0.3) is 0 Å². The van der Waals surface area contributed by atoms with E-state index >= 15 is 0 Å². The fourth-order valence-corrected chi connectivity index (χ4v) is 11.4. The monoisotopic (exact) mass is 1050 g/mol. The first kappa shape index (κ1) is 50.6. The highest BCUT2D eigenvalue weighted by Crippen LogP contribution is 2.43. The number of hydrogen-bond donors (Lipinski definition) is 4. The van der Waals surface area contributed by atoms with Crippen LogP contribution in [0.3, 0.4) is 0 Å². The van der Waals surface area contributed by atoms with E-state index in [9.17, 15) is 28.8 Å². The number of fused-ring (bicyclic) bond motifs is 1. The lowest BCUT2D eigenvalue weighted by Gasteiger charge is -2.49. The molecular formula is C54H47N9O8S3. The molecule has 4 N–H and O–H groups in total. The van der Waals surface area contributed by atoms with Crippen molar-refractivity contribution in [2.24, 2.45) is 5.16 Å². The number of esters is 1. The SMILES string of the molecule is CON=C(C(=O)NC1C(=O)N2C(C(=O)OC(c3ccccc3)c3ccccc3)=C(C=CSc3n[nH]c(=O)c(=O)n3CCNC(C)=O)CSC12)c1csc(NC(c2ccccc2)(c2ccccc2)c2ccccc2)n1. The predicted molar refractivity (Wildman–Crippen MR) is 284 cm³/mol. The summed E-state index contributed by atoms with van der Waals surface area (Å²) < 4.78 is 7.46. The average Bonchev–Trinajstić information content (AvgIpc) is 3.91. The van der Waals surface area contributed by atoms with Crippen molar-refractivity contribution in [1.29, 1.82) is 0 Å². The second kappa shape index (κ2) is 23.0. The maximum absolute atomic E-state index is 14.7. The minimum Gasteiger partial charge on any atom is -0.448 e. The van der Waals surface area contributed by atoms with Gasteiger partial charge < -0.3 is 25.5 Å². The first-order valence-corrected chi connectivity index (χ1v) is 26.0. The van der Waals surface area contributed by atoms with E-state index in [0.29, 0.717) is 21.8 Å². The number of carbonyl (C=O) groups excluding carboxylic acids is 4. The van der Waals surface area contributed by atoms with Gasteiger partial charge in [-0.2, -0.15) is 0 Å². The van der Waals surface area contributed by atoms with E-state index in [1.165, 1.54) is 42.0 Å². The summed E-state index contributed by atoms with van der Waals surface area (Å²) in [5.74, 6) is -2.24. The van der Waals surface area contributed by atoms with E-state index in [1.54, 1.807) is 16.9 Å². The molecule has 74 heavy (non-hydrogen) atoms. The van der Waals surface area contributed by atoms with Crippen molar-refractivity contribution < 1.29 is 28.8 Å². The molecule has 20 heteroatoms. The molecule has 1 fully saturated rings. The molecule has 374 valence electrons. The molecule has 2 aliphatic heterocycles. The summed E-state index contributed by atoms with van der Waals surface area (Å²) in [5.41, 5.74) is 1.91. The lowest BCUT2D eigenvalue weighted by Crippen LogP contribution is -2.71. The number of benzene rings is 5. The summed E-state index contributed by atoms with van der Waals surface area (Å²) in [6.45, 7) is 1.36. The van der Waals surface area contributed by atoms with Crippen molar-refractivity contribution in [2.75, 3.05) is 24.7 Å². The molecule has 0 bridgehead atoms. The Balaban J connectivity index is 1.000. The van der Waals surface area contributed by atoms with E-state index in [1.807, 2.05) is 152 Å². The Morgan fingerprint density at radius 1 is 0.851 bits per heavy atom. The number of allylic oxidation sites excluding steroid dienone is 1. The van der Waals surface area contributed by atoms with Gasteiger partial charge in [-0.15, -0.1) is 28.2 Å². The molecule has 0 aliphatic carbocycles. The summed E-state index contributed by atoms with van der Waals surface area (Å²) >= 11 is 3.56. The van der Waals surface area contributed by atoms with Crippen LogP contribution in [0.4, 0.5) is 5.13 Å². The zero-order valence-electron chi connectivity index (χ0n) is 39.7. The molecule has 0 spiro atoms. The first-order valence-electron chi connectivity index (χ1n) is 23.2. The molecule has 5 aromatic carbocycles. The number of thiazole rings is 1. The fourth-order valence-electron chi connectivity index (χ4n) is 8.62. The highest BCUT2D eigenvalue weighted by Gasteiger charge is 2.55. The topological polar surface area (TPSA) is 219 Å². The van der Waals surface area contributed by atoms with Crippen molar-refractivity contribution in [3.8, 4) is 0 Å². The number of β-lactam (4-membered cyclic amide) rings is 1. The Hall–Kier alpha value is -8.33. The molecule has 0 saturated carbocycles. The normalized spacial score (nSPS) is 15.6. The van der Waals surface area contributed by atoms with Gasteiger partial charge in [-0.25, -0.2) is 14.9 Å². The summed E-state index contributed by atoms with van der Waals surface area (Å²) in [7, 11) is 1.31. The molecule has 4 heterocycles. The molecule has 3 amide bonds. The number of ether oxygens (including phenoxy) is 1. The van der Waals surface area contributed by atoms with Gasteiger partial charge in [-0.05, 0) is 44.9 Å². The van der Waals surface area contributed by atoms with Gasteiger partial charge in [0.1, 0.15) is 35.5 Å². The van der Waals surface area contributed by atoms with Crippen LogP contribution in [0.15, 0.2) is 200 Å². The van der Waals surface area contributed by atoms with Crippen LogP contribution < -0.4 is 27.1 Å². The Morgan fingerprint density at radius 3 is 1.97 bits per heavy atom. The van der Waals surface area contributed by atoms with Gasteiger partial charge in [0.15, 0.2) is 22.1 Å². The molecule has 7 aromatic rings. The van der Waals surface area contributed by atoms with Crippen molar-refractivity contribution in [3.05, 3.63) is 234 Å². The molecule has 2 aromatic heterocycles. The second-order valence-corrected chi connectivity index (χ2v) is 19.5. The summed E-state index contributed by atoms with van der Waals surface area (Å²) in [5, 5.41) is 22.6. The molecule has 2 atom stereocenters. The zero-order chi connectivity index (χ0) is 51.6. The fraction of sp³-hybridized carbons (Fsp3) is 0.167. The number of rotatable bonds is 19. The van der Waals surface area contributed by atoms with Crippen molar-refractivity contribution in [2.45, 2.75) is 41.7 Å². The number of anilines is 1. The molecule has 2 aliphatic rings. The molecule has 9 rings (SSSR count). The maximum atomic E-state index is 14.7. The second-order valence-electron chi connectivity index (χ2n) is 16.7. The number of aromatic nitrogens is 4. The number of thioether (sulfide) groups is 2. The van der Waals surface area contributed by atoms with Crippen LogP contribution in [0.1, 0.15) is 46.5 Å². The summed E-state index contributed by atoms with van der Waals surface area (Å²) in [4.78, 5) is 91.6. The zero-order valence-corrected chi connectivity index (χ0v) is 42.2. The van der Waals surface area contributed by atoms with Crippen LogP contribution >= 0.6 is 34.9 Å². The van der Waals surface area contributed by atoms with E-state index < -0.39 is 52.0 Å². The van der Waals surface area contributed by atoms with Gasteiger partial charge in [0.05, 0.1) is 0 Å². The Bertz CT molecular complexity index is 3240. The third-order valence-electron chi connectivity index (χ3n) is 12.0. The predicted octanol–water partition coefficient (Wildman–Crippen LogP) is 6.57. The van der Waals surface area contributed by atoms with Gasteiger partial charge >= 0.3 is 17.1 Å². The smallest absolute Gasteiger partial charge is 0.356 e. The van der Waals surface area contributed by atoms with Gasteiger partial charge in [-0.3, -0.25) is 33.4 Å². The maximum Gasteiger partial charge on any atom is 0.356 e. The van der Waals surface area contributed by atoms with Crippen molar-refractivity contribution in [3.63, 3.8) is 0 Å². The Morgan fingerprint density at radius 2 is 1.42 bits per heavy atom. The van der Waals surface area contributed by atoms with Crippen molar-refractivity contribution in [1.82, 2.24) is 35.3 Å². The number of H-pyrrole nitrogens is 1. The number of nitrogens with zero attached hydrogens (tertiary/aromatic N) is 5. The highest BCUT2D eigenvalue weighted by atomic mass is 32.2. The van der Waals surface area contributed by atoms with Crippen molar-refractivity contribution >= 4 is 69.4 Å². The van der Waals surface area contributed by atoms with Crippen LogP contribution in [-0.4, -0.2) is 84.9 Å². The van der Waals surface area contributed by atoms with Gasteiger partial charge in [0, 0.05) is 31.1 Å². The standard InChI is InChI=1S/C54H47N9O8S3/c1-34(64)55-29-30-62-49(68)47(66)59-60-53(62)72-31-28-37-32-73-50-43(48(67)63(50)44(37)51(69)71-45(35-18-8-3-9-19-35)36-20-10-4-11-21-36)57-46(65)42(61-70-2)41-33-74-52(56-41)58-54(38-22-12-5-13-23-38,39-24-14-6-15-25-39)40-26-16-7-17-27-40/h3-28,31,33,43,45,50H,29-30,32H2,1-2H3,(H,55,64)(H,56,58)(H,57,65)(H,59,66). The summed E-state index contributed by atoms with van der Waals surface area (Å²) in [6, 6.07) is 47.3. The van der Waals surface area contributed by atoms with Gasteiger partial charge in [0.25, 0.3) is 11.8 Å². The number of nitrogens with one attached hydrogen (secondary N) is 4. The average molecular weight is 1050 g/mol. The molecule has 17 nitrogen and oxygen atoms in total. The van der Waals surface area contributed by atoms with Gasteiger partial charge in [-0.1, -0.05) is 169 Å². The number of hydrogen-bond acceptors (Lipinski definition) is 15. The highest BCUT2D eigenvalue weighted by molar-refractivity contribution is 8.02. The molecular weight excluding hydrogens is 999 g/mol. The van der Waals surface area contributed by atoms with Crippen LogP contribution in [0.2, 0.25) is 0 Å². The van der Waals surface area contributed by atoms with Crippen LogP contribution in [0, 0.1) is 0 Å². The molecule has 0 radical (unpaired) electrons. The lowest BCUT2D eigenvalue weighted by atomic mass is 9.77. The lowest BCUT2D eigenvalue weighted by molar-refractivity contribution is -0.154. The quantitative estimate of drug-likeness (QED) is 0.0128. The first-order chi connectivity index (χ1) is 36.1. The summed E-state index contributed by atoms with van der Waals surface area (Å²) in [6.07, 6.45) is 0.752. The number of carbonyl (C=O) groups is 4. The Labute approximate surface area is 436 Å². The van der Waals surface area contributed by atoms with E-state index in [4.69, 9.17) is 14.6 Å². The van der Waals surface area contributed by atoms with E-state index in [0.717, 1.165) is 33.0 Å². The molecule has 2 unspecified atom stereocenters. The third-order valence-corrected chi connectivity index (χ3v) is 14.9. The van der Waals surface area contributed by atoms with Gasteiger partial charge in [0.2, 0.25) is 5.91 Å². The third kappa shape index (κ3) is 10.7. The largest absolute Gasteiger partial charge is 0.448 e. The molecule has 1 saturated heterocycles. The minimum atomic E-state index is -1.10. The Kier molecular flexibility index (Phi) is 15.8. The number of aromatic amines is 1. The number of oxime groups is 1. The number of amides is 3. The van der Waals surface area contributed by atoms with E-state index in [-0.39, 0.29) is 47.0 Å². The van der Waals surface area contributed by atoms with E-state index in [2.05, 4.69) is 31.3 Å².